The molecule has 1 aliphatic heterocycles. The Hall–Kier alpha value is -3.55. The van der Waals surface area contributed by atoms with E-state index in [-0.39, 0.29) is 13.2 Å². The summed E-state index contributed by atoms with van der Waals surface area (Å²) < 4.78 is 26.7. The normalized spacial score (nSPS) is 22.5. The molecule has 0 spiro atoms. The number of hydrogen-bond donors (Lipinski definition) is 0. The molecule has 2 heterocycles. The molecule has 1 saturated heterocycles. The van der Waals surface area contributed by atoms with Crippen LogP contribution in [0.25, 0.3) is 0 Å². The van der Waals surface area contributed by atoms with Crippen LogP contribution in [0.5, 0.6) is 0 Å². The van der Waals surface area contributed by atoms with Crippen LogP contribution in [-0.4, -0.2) is 70.1 Å². The van der Waals surface area contributed by atoms with Crippen molar-refractivity contribution in [2.75, 3.05) is 13.2 Å². The van der Waals surface area contributed by atoms with Gasteiger partial charge in [0.05, 0.1) is 11.5 Å². The molecule has 1 aromatic rings. The molecule has 14 heteroatoms. The molecule has 1 fully saturated rings. The molecule has 0 N–H and O–H groups in total. The quantitative estimate of drug-likeness (QED) is 0.233. The first-order valence-corrected chi connectivity index (χ1v) is 9.09. The molecule has 1 aromatic heterocycles. The van der Waals surface area contributed by atoms with Gasteiger partial charge in [-0.2, -0.15) is 5.10 Å². The molecule has 14 nitrogen and oxygen atoms in total. The van der Waals surface area contributed by atoms with E-state index in [0.717, 1.165) is 31.6 Å². The van der Waals surface area contributed by atoms with Crippen molar-refractivity contribution in [3.05, 3.63) is 22.0 Å². The molecular weight excluding hydrogens is 422 g/mol. The number of nitrogens with zero attached hydrogens (tertiary/aromatic N) is 3. The van der Waals surface area contributed by atoms with Crippen molar-refractivity contribution in [1.82, 2.24) is 9.78 Å². The molecule has 0 aliphatic carbocycles. The third-order valence-corrected chi connectivity index (χ3v) is 4.02. The Balaban J connectivity index is 2.54. The third-order valence-electron chi connectivity index (χ3n) is 4.02. The minimum atomic E-state index is -1.43. The number of nitro groups is 1. The highest BCUT2D eigenvalue weighted by atomic mass is 16.7. The Morgan fingerprint density at radius 2 is 1.71 bits per heavy atom. The van der Waals surface area contributed by atoms with Crippen molar-refractivity contribution >= 4 is 29.6 Å². The van der Waals surface area contributed by atoms with Crippen molar-refractivity contribution in [3.8, 4) is 0 Å². The van der Waals surface area contributed by atoms with Gasteiger partial charge in [0.15, 0.2) is 18.4 Å². The summed E-state index contributed by atoms with van der Waals surface area (Å²) >= 11 is 0. The van der Waals surface area contributed by atoms with E-state index >= 15 is 0 Å². The minimum Gasteiger partial charge on any atom is -0.463 e. The van der Waals surface area contributed by atoms with E-state index in [0.29, 0.717) is 0 Å². The maximum absolute atomic E-state index is 12.4. The molecule has 2 rings (SSSR count). The molecule has 0 bridgehead atoms. The average Bonchev–Trinajstić information content (AvgIpc) is 3.22. The molecule has 0 radical (unpaired) electrons. The summed E-state index contributed by atoms with van der Waals surface area (Å²) in [6.07, 6.45) is -4.37. The van der Waals surface area contributed by atoms with E-state index in [4.69, 9.17) is 23.7 Å². The lowest BCUT2D eigenvalue weighted by Gasteiger charge is -2.23. The number of carbonyl (C=O) groups is 4. The Bertz CT molecular complexity index is 881. The maximum atomic E-state index is 12.4. The fourth-order valence-corrected chi connectivity index (χ4v) is 2.97. The standard InChI is InChI=1S/C17H21N3O11/c1-5-27-17(24)13-11(20(25)26)6-18-19(13)16-15(30-10(4)23)14(29-9(3)22)12(31-16)7-28-8(2)21/h6,12,14-16H,5,7H2,1-4H3/t12-,14+,15+,16+/m0/s1. The number of hydrogen-bond acceptors (Lipinski definition) is 12. The monoisotopic (exact) mass is 443 g/mol. The summed E-state index contributed by atoms with van der Waals surface area (Å²) in [5.41, 5.74) is -1.24. The fraction of sp³-hybridized carbons (Fsp3) is 0.588. The molecule has 0 saturated carbocycles. The number of carbonyl (C=O) groups excluding carboxylic acids is 4. The molecule has 0 amide bonds. The van der Waals surface area contributed by atoms with Gasteiger partial charge < -0.3 is 23.7 Å². The summed E-state index contributed by atoms with van der Waals surface area (Å²) in [5.74, 6) is -3.26. The molecule has 1 aliphatic rings. The smallest absolute Gasteiger partial charge is 0.363 e. The van der Waals surface area contributed by atoms with Gasteiger partial charge >= 0.3 is 29.6 Å². The van der Waals surface area contributed by atoms with Crippen LogP contribution in [0.3, 0.4) is 0 Å². The van der Waals surface area contributed by atoms with Gasteiger partial charge in [0.25, 0.3) is 0 Å². The van der Waals surface area contributed by atoms with E-state index in [1.165, 1.54) is 6.92 Å². The van der Waals surface area contributed by atoms with Crippen molar-refractivity contribution < 1.29 is 47.8 Å². The Morgan fingerprint density at radius 1 is 1.10 bits per heavy atom. The lowest BCUT2D eigenvalue weighted by molar-refractivity contribution is -0.385. The topological polar surface area (TPSA) is 175 Å². The Morgan fingerprint density at radius 3 is 2.23 bits per heavy atom. The first-order valence-electron chi connectivity index (χ1n) is 9.09. The van der Waals surface area contributed by atoms with Gasteiger partial charge in [-0.15, -0.1) is 0 Å². The molecule has 31 heavy (non-hydrogen) atoms. The predicted octanol–water partition coefficient (Wildman–Crippen LogP) is 0.292. The van der Waals surface area contributed by atoms with Crippen LogP contribution in [0.4, 0.5) is 5.69 Å². The van der Waals surface area contributed by atoms with Crippen LogP contribution < -0.4 is 0 Å². The van der Waals surface area contributed by atoms with Crippen LogP contribution >= 0.6 is 0 Å². The predicted molar refractivity (Wildman–Crippen MR) is 96.5 cm³/mol. The Kier molecular flexibility index (Phi) is 7.63. The van der Waals surface area contributed by atoms with Crippen LogP contribution in [0.2, 0.25) is 0 Å². The van der Waals surface area contributed by atoms with Gasteiger partial charge in [-0.3, -0.25) is 24.5 Å². The van der Waals surface area contributed by atoms with Gasteiger partial charge in [0.2, 0.25) is 5.69 Å². The van der Waals surface area contributed by atoms with Crippen molar-refractivity contribution in [1.29, 1.82) is 0 Å². The van der Waals surface area contributed by atoms with Gasteiger partial charge in [-0.05, 0) is 6.92 Å². The van der Waals surface area contributed by atoms with Crippen molar-refractivity contribution in [2.24, 2.45) is 0 Å². The molecule has 4 atom stereocenters. The maximum Gasteiger partial charge on any atom is 0.363 e. The number of esters is 4. The van der Waals surface area contributed by atoms with Crippen LogP contribution in [0.15, 0.2) is 6.20 Å². The van der Waals surface area contributed by atoms with Crippen LogP contribution in [-0.2, 0) is 38.1 Å². The van der Waals surface area contributed by atoms with Gasteiger partial charge in [-0.25, -0.2) is 9.48 Å². The second-order valence-corrected chi connectivity index (χ2v) is 6.32. The van der Waals surface area contributed by atoms with Gasteiger partial charge in [0, 0.05) is 20.8 Å². The van der Waals surface area contributed by atoms with E-state index in [9.17, 15) is 29.3 Å². The highest BCUT2D eigenvalue weighted by Crippen LogP contribution is 2.36. The number of rotatable bonds is 8. The highest BCUT2D eigenvalue weighted by Gasteiger charge is 2.52. The lowest BCUT2D eigenvalue weighted by atomic mass is 10.1. The zero-order valence-electron chi connectivity index (χ0n) is 17.1. The lowest BCUT2D eigenvalue weighted by Crippen LogP contribution is -2.41. The molecule has 0 aromatic carbocycles. The zero-order valence-corrected chi connectivity index (χ0v) is 17.1. The second kappa shape index (κ2) is 9.97. The highest BCUT2D eigenvalue weighted by molar-refractivity contribution is 5.92. The second-order valence-electron chi connectivity index (χ2n) is 6.32. The van der Waals surface area contributed by atoms with E-state index in [1.807, 2.05) is 0 Å². The van der Waals surface area contributed by atoms with E-state index in [1.54, 1.807) is 0 Å². The van der Waals surface area contributed by atoms with Crippen molar-refractivity contribution in [3.63, 3.8) is 0 Å². The molecular formula is C17H21N3O11. The molecule has 0 unspecified atom stereocenters. The first kappa shape index (κ1) is 23.7. The minimum absolute atomic E-state index is 0.0782. The van der Waals surface area contributed by atoms with Gasteiger partial charge in [-0.1, -0.05) is 0 Å². The summed E-state index contributed by atoms with van der Waals surface area (Å²) in [6.45, 7) is 4.37. The zero-order chi connectivity index (χ0) is 23.3. The summed E-state index contributed by atoms with van der Waals surface area (Å²) in [6, 6.07) is 0. The van der Waals surface area contributed by atoms with E-state index in [2.05, 4.69) is 5.10 Å². The van der Waals surface area contributed by atoms with Crippen molar-refractivity contribution in [2.45, 2.75) is 52.2 Å². The summed E-state index contributed by atoms with van der Waals surface area (Å²) in [7, 11) is 0. The van der Waals surface area contributed by atoms with E-state index < -0.39 is 64.7 Å². The summed E-state index contributed by atoms with van der Waals surface area (Å²) in [5, 5.41) is 15.2. The van der Waals surface area contributed by atoms with Gasteiger partial charge in [0.1, 0.15) is 18.9 Å². The third kappa shape index (κ3) is 5.53. The Labute approximate surface area is 175 Å². The molecule has 170 valence electrons. The largest absolute Gasteiger partial charge is 0.463 e. The first-order chi connectivity index (χ1) is 14.6. The fourth-order valence-electron chi connectivity index (χ4n) is 2.97. The number of ether oxygens (including phenoxy) is 5. The summed E-state index contributed by atoms with van der Waals surface area (Å²) in [4.78, 5) is 57.4. The SMILES string of the molecule is CCOC(=O)c1c([N+](=O)[O-])cnn1[C@@H]1O[C@@H](COC(C)=O)[C@@H](OC(C)=O)[C@H]1OC(C)=O. The number of aromatic nitrogens is 2. The van der Waals surface area contributed by atoms with Crippen LogP contribution in [0, 0.1) is 10.1 Å². The average molecular weight is 443 g/mol. The van der Waals surface area contributed by atoms with Crippen LogP contribution in [0.1, 0.15) is 44.4 Å².